The molecule has 110 valence electrons. The second kappa shape index (κ2) is 5.15. The highest BCUT2D eigenvalue weighted by molar-refractivity contribution is 5.74. The van der Waals surface area contributed by atoms with Crippen molar-refractivity contribution >= 4 is 17.1 Å². The fraction of sp³-hybridized carbons (Fsp3) is 0.615. The zero-order chi connectivity index (χ0) is 15.0. The van der Waals surface area contributed by atoms with E-state index in [0.717, 1.165) is 11.0 Å². The van der Waals surface area contributed by atoms with Gasteiger partial charge in [-0.05, 0) is 20.3 Å². The van der Waals surface area contributed by atoms with Crippen LogP contribution in [0.1, 0.15) is 33.2 Å². The molecule has 0 aliphatic heterocycles. The molecule has 1 N–H and O–H groups in total. The van der Waals surface area contributed by atoms with Crippen molar-refractivity contribution in [3.8, 4) is 0 Å². The molecular weight excluding hydrogens is 258 g/mol. The number of fused-ring (bicyclic) bond motifs is 1. The molecule has 2 aromatic rings. The summed E-state index contributed by atoms with van der Waals surface area (Å²) in [6.45, 7) is 6.51. The molecule has 20 heavy (non-hydrogen) atoms. The van der Waals surface area contributed by atoms with E-state index < -0.39 is 0 Å². The standard InChI is InChI=1S/C13H21N5O2/c1-6-8(3)18-10-9(11(19)16(5)13(18)20)17(7-2)12(14-4)15-10/h8H,6-7H2,1-5H3,(H,14,15). The summed E-state index contributed by atoms with van der Waals surface area (Å²) in [5, 5.41) is 2.97. The number of aryl methyl sites for hydroxylation is 1. The SMILES string of the molecule is CCC(C)n1c(=O)n(C)c(=O)c2c1nc(NC)n2CC. The van der Waals surface area contributed by atoms with Gasteiger partial charge in [0, 0.05) is 26.7 Å². The van der Waals surface area contributed by atoms with Crippen molar-refractivity contribution in [3.63, 3.8) is 0 Å². The van der Waals surface area contributed by atoms with Crippen LogP contribution >= 0.6 is 0 Å². The van der Waals surface area contributed by atoms with Crippen molar-refractivity contribution in [1.29, 1.82) is 0 Å². The van der Waals surface area contributed by atoms with E-state index in [4.69, 9.17) is 0 Å². The number of hydrogen-bond acceptors (Lipinski definition) is 4. The van der Waals surface area contributed by atoms with Crippen LogP contribution in [0.5, 0.6) is 0 Å². The Balaban J connectivity index is 3.04. The molecule has 0 saturated carbocycles. The molecule has 0 bridgehead atoms. The minimum absolute atomic E-state index is 0.0123. The highest BCUT2D eigenvalue weighted by Crippen LogP contribution is 2.19. The Morgan fingerprint density at radius 3 is 2.45 bits per heavy atom. The third-order valence-electron chi connectivity index (χ3n) is 3.75. The number of nitrogens with zero attached hydrogens (tertiary/aromatic N) is 4. The quantitative estimate of drug-likeness (QED) is 0.903. The summed E-state index contributed by atoms with van der Waals surface area (Å²) < 4.78 is 4.56. The Kier molecular flexibility index (Phi) is 3.69. The van der Waals surface area contributed by atoms with Gasteiger partial charge < -0.3 is 9.88 Å². The second-order valence-corrected chi connectivity index (χ2v) is 4.88. The molecule has 0 fully saturated rings. The van der Waals surface area contributed by atoms with Crippen LogP contribution in [0.4, 0.5) is 5.95 Å². The van der Waals surface area contributed by atoms with Crippen LogP contribution in [0.15, 0.2) is 9.59 Å². The Morgan fingerprint density at radius 1 is 1.30 bits per heavy atom. The first-order valence-corrected chi connectivity index (χ1v) is 6.87. The fourth-order valence-electron chi connectivity index (χ4n) is 2.40. The third kappa shape index (κ3) is 1.85. The molecular formula is C13H21N5O2. The van der Waals surface area contributed by atoms with Crippen molar-refractivity contribution in [2.75, 3.05) is 12.4 Å². The van der Waals surface area contributed by atoms with E-state index in [2.05, 4.69) is 10.3 Å². The summed E-state index contributed by atoms with van der Waals surface area (Å²) in [6, 6.07) is -0.0123. The maximum absolute atomic E-state index is 12.4. The molecule has 0 aliphatic rings. The topological polar surface area (TPSA) is 73.8 Å². The van der Waals surface area contributed by atoms with Crippen LogP contribution in [-0.4, -0.2) is 25.7 Å². The molecule has 7 nitrogen and oxygen atoms in total. The van der Waals surface area contributed by atoms with Gasteiger partial charge in [0.2, 0.25) is 5.95 Å². The second-order valence-electron chi connectivity index (χ2n) is 4.88. The van der Waals surface area contributed by atoms with E-state index in [1.807, 2.05) is 20.8 Å². The fourth-order valence-corrected chi connectivity index (χ4v) is 2.40. The molecule has 0 aliphatic carbocycles. The molecule has 1 unspecified atom stereocenters. The Hall–Kier alpha value is -2.05. The maximum atomic E-state index is 12.4. The number of nitrogens with one attached hydrogen (secondary N) is 1. The van der Waals surface area contributed by atoms with Crippen LogP contribution in [0.25, 0.3) is 11.2 Å². The molecule has 0 amide bonds. The first-order valence-electron chi connectivity index (χ1n) is 6.87. The third-order valence-corrected chi connectivity index (χ3v) is 3.75. The molecule has 0 saturated heterocycles. The van der Waals surface area contributed by atoms with Crippen LogP contribution in [-0.2, 0) is 13.6 Å². The summed E-state index contributed by atoms with van der Waals surface area (Å²) in [6.07, 6.45) is 0.793. The molecule has 7 heteroatoms. The number of hydrogen-bond donors (Lipinski definition) is 1. The lowest BCUT2D eigenvalue weighted by atomic mass is 10.2. The van der Waals surface area contributed by atoms with Crippen molar-refractivity contribution < 1.29 is 0 Å². The molecule has 0 spiro atoms. The van der Waals surface area contributed by atoms with E-state index in [-0.39, 0.29) is 17.3 Å². The largest absolute Gasteiger partial charge is 0.359 e. The highest BCUT2D eigenvalue weighted by Gasteiger charge is 2.21. The van der Waals surface area contributed by atoms with E-state index in [0.29, 0.717) is 23.7 Å². The van der Waals surface area contributed by atoms with Gasteiger partial charge in [-0.2, -0.15) is 4.98 Å². The summed E-state index contributed by atoms with van der Waals surface area (Å²) in [4.78, 5) is 29.2. The molecule has 0 aromatic carbocycles. The van der Waals surface area contributed by atoms with E-state index in [9.17, 15) is 9.59 Å². The Bertz CT molecular complexity index is 753. The van der Waals surface area contributed by atoms with Gasteiger partial charge in [-0.3, -0.25) is 13.9 Å². The van der Waals surface area contributed by atoms with Crippen molar-refractivity contribution in [2.45, 2.75) is 39.8 Å². The number of anilines is 1. The molecule has 2 aromatic heterocycles. The van der Waals surface area contributed by atoms with Crippen LogP contribution in [0.3, 0.4) is 0 Å². The smallest absolute Gasteiger partial charge is 0.332 e. The minimum Gasteiger partial charge on any atom is -0.359 e. The lowest BCUT2D eigenvalue weighted by Gasteiger charge is -2.14. The predicted octanol–water partition coefficient (Wildman–Crippen LogP) is 0.929. The minimum atomic E-state index is -0.319. The van der Waals surface area contributed by atoms with Gasteiger partial charge in [-0.1, -0.05) is 6.92 Å². The summed E-state index contributed by atoms with van der Waals surface area (Å²) in [5.74, 6) is 0.599. The van der Waals surface area contributed by atoms with Gasteiger partial charge in [0.15, 0.2) is 11.2 Å². The van der Waals surface area contributed by atoms with Crippen LogP contribution in [0, 0.1) is 0 Å². The monoisotopic (exact) mass is 279 g/mol. The number of imidazole rings is 1. The molecule has 2 heterocycles. The Morgan fingerprint density at radius 2 is 1.95 bits per heavy atom. The molecule has 1 atom stereocenters. The van der Waals surface area contributed by atoms with Gasteiger partial charge in [-0.25, -0.2) is 4.79 Å². The zero-order valence-electron chi connectivity index (χ0n) is 12.6. The number of rotatable bonds is 4. The summed E-state index contributed by atoms with van der Waals surface area (Å²) in [5.41, 5.74) is 0.304. The van der Waals surface area contributed by atoms with Gasteiger partial charge in [-0.15, -0.1) is 0 Å². The normalized spacial score (nSPS) is 12.8. The maximum Gasteiger partial charge on any atom is 0.332 e. The highest BCUT2D eigenvalue weighted by atomic mass is 16.2. The summed E-state index contributed by atoms with van der Waals surface area (Å²) in [7, 11) is 3.26. The average molecular weight is 279 g/mol. The van der Waals surface area contributed by atoms with Gasteiger partial charge in [0.05, 0.1) is 0 Å². The predicted molar refractivity (Wildman–Crippen MR) is 79.5 cm³/mol. The van der Waals surface area contributed by atoms with Crippen molar-refractivity contribution in [1.82, 2.24) is 18.7 Å². The lowest BCUT2D eigenvalue weighted by Crippen LogP contribution is -2.39. The van der Waals surface area contributed by atoms with E-state index >= 15 is 0 Å². The zero-order valence-corrected chi connectivity index (χ0v) is 12.6. The van der Waals surface area contributed by atoms with Crippen LogP contribution < -0.4 is 16.6 Å². The van der Waals surface area contributed by atoms with Crippen molar-refractivity contribution in [3.05, 3.63) is 20.8 Å². The average Bonchev–Trinajstić information content (AvgIpc) is 2.82. The lowest BCUT2D eigenvalue weighted by molar-refractivity contribution is 0.499. The molecule has 0 radical (unpaired) electrons. The van der Waals surface area contributed by atoms with Crippen LogP contribution in [0.2, 0.25) is 0 Å². The Labute approximate surface area is 116 Å². The van der Waals surface area contributed by atoms with Gasteiger partial charge >= 0.3 is 5.69 Å². The van der Waals surface area contributed by atoms with Gasteiger partial charge in [0.1, 0.15) is 0 Å². The van der Waals surface area contributed by atoms with E-state index in [1.54, 1.807) is 16.2 Å². The first kappa shape index (κ1) is 14.4. The first-order chi connectivity index (χ1) is 9.47. The summed E-state index contributed by atoms with van der Waals surface area (Å²) >= 11 is 0. The molecule has 2 rings (SSSR count). The van der Waals surface area contributed by atoms with Gasteiger partial charge in [0.25, 0.3) is 5.56 Å². The number of aromatic nitrogens is 4. The van der Waals surface area contributed by atoms with Crippen molar-refractivity contribution in [2.24, 2.45) is 7.05 Å². The van der Waals surface area contributed by atoms with E-state index in [1.165, 1.54) is 7.05 Å².